The number of hydrogen-bond donors (Lipinski definition) is 2. The number of pyridine rings is 1. The number of aliphatic imine (C=N–C) groups is 1. The van der Waals surface area contributed by atoms with E-state index in [4.69, 9.17) is 0 Å². The molecule has 158 valence electrons. The molecule has 0 atom stereocenters. The number of piperazine rings is 1. The van der Waals surface area contributed by atoms with E-state index in [2.05, 4.69) is 56.4 Å². The maximum Gasteiger partial charge on any atom is 0.191 e. The molecule has 1 saturated heterocycles. The highest BCUT2D eigenvalue weighted by Crippen LogP contribution is 2.23. The zero-order valence-corrected chi connectivity index (χ0v) is 20.0. The summed E-state index contributed by atoms with van der Waals surface area (Å²) in [4.78, 5) is 13.9. The van der Waals surface area contributed by atoms with Crippen LogP contribution in [0.1, 0.15) is 45.1 Å². The molecule has 0 spiro atoms. The van der Waals surface area contributed by atoms with Gasteiger partial charge in [0.1, 0.15) is 5.82 Å². The SMILES string of the molecule is CCN1CCN(c2cc(CNC(=NC)NC3CCC(C)CC3)ccn2)CC1.I. The first-order valence-corrected chi connectivity index (χ1v) is 10.6. The Morgan fingerprint density at radius 2 is 1.89 bits per heavy atom. The molecule has 0 aromatic carbocycles. The molecule has 28 heavy (non-hydrogen) atoms. The Labute approximate surface area is 187 Å². The van der Waals surface area contributed by atoms with Crippen molar-refractivity contribution in [3.8, 4) is 0 Å². The summed E-state index contributed by atoms with van der Waals surface area (Å²) in [6.07, 6.45) is 7.04. The van der Waals surface area contributed by atoms with Crippen LogP contribution in [-0.4, -0.2) is 61.7 Å². The number of aromatic nitrogens is 1. The lowest BCUT2D eigenvalue weighted by Gasteiger charge is -2.34. The van der Waals surface area contributed by atoms with Gasteiger partial charge in [-0.25, -0.2) is 4.98 Å². The lowest BCUT2D eigenvalue weighted by Crippen LogP contribution is -2.46. The van der Waals surface area contributed by atoms with E-state index in [-0.39, 0.29) is 24.0 Å². The highest BCUT2D eigenvalue weighted by molar-refractivity contribution is 14.0. The maximum absolute atomic E-state index is 4.60. The fraction of sp³-hybridized carbons (Fsp3) is 0.714. The van der Waals surface area contributed by atoms with Gasteiger partial charge in [0.05, 0.1) is 0 Å². The average Bonchev–Trinajstić information content (AvgIpc) is 2.73. The fourth-order valence-electron chi connectivity index (χ4n) is 4.01. The van der Waals surface area contributed by atoms with Crippen LogP contribution >= 0.6 is 24.0 Å². The lowest BCUT2D eigenvalue weighted by molar-refractivity contribution is 0.270. The molecule has 0 amide bonds. The molecule has 2 fully saturated rings. The molecule has 2 heterocycles. The van der Waals surface area contributed by atoms with Crippen molar-refractivity contribution in [3.63, 3.8) is 0 Å². The Morgan fingerprint density at radius 3 is 2.54 bits per heavy atom. The molecule has 1 aromatic heterocycles. The molecule has 7 heteroatoms. The summed E-state index contributed by atoms with van der Waals surface area (Å²) in [7, 11) is 1.85. The van der Waals surface area contributed by atoms with Crippen LogP contribution in [0.25, 0.3) is 0 Å². The van der Waals surface area contributed by atoms with Crippen LogP contribution in [0, 0.1) is 5.92 Å². The Morgan fingerprint density at radius 1 is 1.18 bits per heavy atom. The first-order chi connectivity index (χ1) is 13.2. The van der Waals surface area contributed by atoms with Gasteiger partial charge in [0.2, 0.25) is 0 Å². The van der Waals surface area contributed by atoms with E-state index in [1.807, 2.05) is 13.2 Å². The number of nitrogens with one attached hydrogen (secondary N) is 2. The Bertz CT molecular complexity index is 607. The van der Waals surface area contributed by atoms with Crippen molar-refractivity contribution < 1.29 is 0 Å². The van der Waals surface area contributed by atoms with Crippen LogP contribution in [0.3, 0.4) is 0 Å². The summed E-state index contributed by atoms with van der Waals surface area (Å²) in [5, 5.41) is 7.07. The summed E-state index contributed by atoms with van der Waals surface area (Å²) >= 11 is 0. The second-order valence-corrected chi connectivity index (χ2v) is 7.97. The molecule has 2 N–H and O–H groups in total. The van der Waals surface area contributed by atoms with Crippen molar-refractivity contribution >= 4 is 35.8 Å². The van der Waals surface area contributed by atoms with E-state index >= 15 is 0 Å². The summed E-state index contributed by atoms with van der Waals surface area (Å²) in [5.41, 5.74) is 1.25. The molecule has 1 aromatic rings. The fourth-order valence-corrected chi connectivity index (χ4v) is 4.01. The van der Waals surface area contributed by atoms with Crippen LogP contribution in [0.2, 0.25) is 0 Å². The molecule has 1 saturated carbocycles. The van der Waals surface area contributed by atoms with Crippen molar-refractivity contribution in [2.75, 3.05) is 44.7 Å². The first-order valence-electron chi connectivity index (χ1n) is 10.6. The minimum absolute atomic E-state index is 0. The molecule has 1 aliphatic carbocycles. The standard InChI is InChI=1S/C21H36N6.HI/c1-4-26-11-13-27(14-12-26)20-15-18(9-10-23-20)16-24-21(22-3)25-19-7-5-17(2)6-8-19;/h9-10,15,17,19H,4-8,11-14,16H2,1-3H3,(H2,22,24,25);1H. The zero-order valence-electron chi connectivity index (χ0n) is 17.7. The van der Waals surface area contributed by atoms with E-state index in [9.17, 15) is 0 Å². The number of anilines is 1. The van der Waals surface area contributed by atoms with Crippen molar-refractivity contribution in [2.45, 2.75) is 52.1 Å². The normalized spacial score (nSPS) is 23.8. The molecular weight excluding hydrogens is 463 g/mol. The summed E-state index contributed by atoms with van der Waals surface area (Å²) in [6.45, 7) is 10.8. The minimum atomic E-state index is 0. The van der Waals surface area contributed by atoms with Gasteiger partial charge < -0.3 is 20.4 Å². The molecule has 0 radical (unpaired) electrons. The monoisotopic (exact) mass is 500 g/mol. The highest BCUT2D eigenvalue weighted by Gasteiger charge is 2.19. The molecule has 2 aliphatic rings. The van der Waals surface area contributed by atoms with Crippen LogP contribution in [-0.2, 0) is 6.54 Å². The van der Waals surface area contributed by atoms with E-state index in [0.29, 0.717) is 6.04 Å². The van der Waals surface area contributed by atoms with Gasteiger partial charge in [0.25, 0.3) is 0 Å². The molecule has 0 unspecified atom stereocenters. The summed E-state index contributed by atoms with van der Waals surface area (Å²) in [5.74, 6) is 2.87. The molecule has 3 rings (SSSR count). The third-order valence-corrected chi connectivity index (χ3v) is 5.99. The largest absolute Gasteiger partial charge is 0.354 e. The molecular formula is C21H37IN6. The number of rotatable bonds is 5. The van der Waals surface area contributed by atoms with Gasteiger partial charge in [-0.15, -0.1) is 24.0 Å². The third kappa shape index (κ3) is 6.76. The second kappa shape index (κ2) is 11.8. The van der Waals surface area contributed by atoms with Gasteiger partial charge in [-0.1, -0.05) is 13.8 Å². The second-order valence-electron chi connectivity index (χ2n) is 7.97. The van der Waals surface area contributed by atoms with E-state index in [1.54, 1.807) is 0 Å². The van der Waals surface area contributed by atoms with Gasteiger partial charge in [0.15, 0.2) is 5.96 Å². The number of nitrogens with zero attached hydrogens (tertiary/aromatic N) is 4. The van der Waals surface area contributed by atoms with Crippen LogP contribution in [0.4, 0.5) is 5.82 Å². The zero-order chi connectivity index (χ0) is 19.1. The predicted octanol–water partition coefficient (Wildman–Crippen LogP) is 3.09. The van der Waals surface area contributed by atoms with E-state index in [1.165, 1.54) is 31.2 Å². The van der Waals surface area contributed by atoms with Crippen molar-refractivity contribution in [3.05, 3.63) is 23.9 Å². The number of guanidine groups is 1. The quantitative estimate of drug-likeness (QED) is 0.370. The Hall–Kier alpha value is -1.09. The van der Waals surface area contributed by atoms with Crippen molar-refractivity contribution in [1.29, 1.82) is 0 Å². The van der Waals surface area contributed by atoms with Gasteiger partial charge in [-0.05, 0) is 55.8 Å². The van der Waals surface area contributed by atoms with Gasteiger partial charge in [0, 0.05) is 52.0 Å². The van der Waals surface area contributed by atoms with Gasteiger partial charge in [-0.3, -0.25) is 4.99 Å². The summed E-state index contributed by atoms with van der Waals surface area (Å²) < 4.78 is 0. The predicted molar refractivity (Wildman–Crippen MR) is 129 cm³/mol. The number of halogens is 1. The Kier molecular flexibility index (Phi) is 9.77. The minimum Gasteiger partial charge on any atom is -0.354 e. The molecule has 6 nitrogen and oxygen atoms in total. The van der Waals surface area contributed by atoms with Crippen molar-refractivity contribution in [2.24, 2.45) is 10.9 Å². The average molecular weight is 500 g/mol. The first kappa shape index (κ1) is 23.2. The maximum atomic E-state index is 4.60. The lowest BCUT2D eigenvalue weighted by atomic mass is 9.87. The Balaban J connectivity index is 0.00000280. The smallest absolute Gasteiger partial charge is 0.191 e. The number of likely N-dealkylation sites (N-methyl/N-ethyl adjacent to an activating group) is 1. The highest BCUT2D eigenvalue weighted by atomic mass is 127. The topological polar surface area (TPSA) is 55.8 Å². The third-order valence-electron chi connectivity index (χ3n) is 5.99. The van der Waals surface area contributed by atoms with E-state index in [0.717, 1.165) is 57.0 Å². The molecule has 0 bridgehead atoms. The van der Waals surface area contributed by atoms with E-state index < -0.39 is 0 Å². The van der Waals surface area contributed by atoms with Gasteiger partial charge in [-0.2, -0.15) is 0 Å². The number of hydrogen-bond acceptors (Lipinski definition) is 4. The van der Waals surface area contributed by atoms with Crippen LogP contribution < -0.4 is 15.5 Å². The van der Waals surface area contributed by atoms with Crippen LogP contribution in [0.5, 0.6) is 0 Å². The summed E-state index contributed by atoms with van der Waals surface area (Å²) in [6, 6.07) is 4.86. The van der Waals surface area contributed by atoms with Crippen molar-refractivity contribution in [1.82, 2.24) is 20.5 Å². The van der Waals surface area contributed by atoms with Gasteiger partial charge >= 0.3 is 0 Å². The molecule has 1 aliphatic heterocycles. The van der Waals surface area contributed by atoms with Crippen LogP contribution in [0.15, 0.2) is 23.3 Å².